The molecule has 1 aliphatic heterocycles. The molecule has 0 spiro atoms. The summed E-state index contributed by atoms with van der Waals surface area (Å²) in [6.45, 7) is 7.50. The third-order valence-corrected chi connectivity index (χ3v) is 5.08. The van der Waals surface area contributed by atoms with Gasteiger partial charge in [0.05, 0.1) is 16.4 Å². The number of aryl methyl sites for hydroxylation is 1. The van der Waals surface area contributed by atoms with E-state index in [1.54, 1.807) is 6.07 Å². The van der Waals surface area contributed by atoms with Gasteiger partial charge in [-0.15, -0.1) is 11.3 Å². The lowest BCUT2D eigenvalue weighted by atomic mass is 9.99. The van der Waals surface area contributed by atoms with Gasteiger partial charge in [0.1, 0.15) is 10.7 Å². The predicted octanol–water partition coefficient (Wildman–Crippen LogP) is 3.69. The van der Waals surface area contributed by atoms with E-state index < -0.39 is 0 Å². The zero-order chi connectivity index (χ0) is 17.3. The largest absolute Gasteiger partial charge is 0.319 e. The van der Waals surface area contributed by atoms with Crippen molar-refractivity contribution in [3.8, 4) is 0 Å². The Bertz CT molecular complexity index is 770. The summed E-state index contributed by atoms with van der Waals surface area (Å²) in [6.07, 6.45) is 1.38. The number of halogens is 1. The molecule has 128 valence electrons. The van der Waals surface area contributed by atoms with Gasteiger partial charge in [0, 0.05) is 6.54 Å². The number of fused-ring (bicyclic) bond motifs is 1. The predicted molar refractivity (Wildman–Crippen MR) is 95.2 cm³/mol. The van der Waals surface area contributed by atoms with Crippen LogP contribution in [0, 0.1) is 18.7 Å². The zero-order valence-electron chi connectivity index (χ0n) is 14.2. The molecule has 0 saturated heterocycles. The van der Waals surface area contributed by atoms with Gasteiger partial charge in [-0.25, -0.2) is 9.37 Å². The van der Waals surface area contributed by atoms with E-state index in [9.17, 15) is 9.18 Å². The molecule has 6 heteroatoms. The SMILES string of the molecule is Cc1nc(CC(C)C)c(C(=O)Nc2ccc3c(c2F)CCNC3)s1. The number of anilines is 1. The fourth-order valence-electron chi connectivity index (χ4n) is 2.98. The topological polar surface area (TPSA) is 54.0 Å². The Hall–Kier alpha value is -1.79. The minimum absolute atomic E-state index is 0.252. The molecule has 2 N–H and O–H groups in total. The van der Waals surface area contributed by atoms with E-state index in [4.69, 9.17) is 0 Å². The first kappa shape index (κ1) is 17.0. The van der Waals surface area contributed by atoms with Gasteiger partial charge in [-0.05, 0) is 49.4 Å². The Morgan fingerprint density at radius 2 is 2.25 bits per heavy atom. The molecule has 0 atom stereocenters. The van der Waals surface area contributed by atoms with E-state index in [1.165, 1.54) is 11.3 Å². The lowest BCUT2D eigenvalue weighted by Gasteiger charge is -2.19. The van der Waals surface area contributed by atoms with Crippen molar-refractivity contribution in [1.82, 2.24) is 10.3 Å². The molecular formula is C18H22FN3OS. The van der Waals surface area contributed by atoms with Crippen molar-refractivity contribution in [1.29, 1.82) is 0 Å². The van der Waals surface area contributed by atoms with Crippen molar-refractivity contribution in [3.05, 3.63) is 44.7 Å². The maximum Gasteiger partial charge on any atom is 0.267 e. The van der Waals surface area contributed by atoms with Crippen molar-refractivity contribution in [2.24, 2.45) is 5.92 Å². The second-order valence-electron chi connectivity index (χ2n) is 6.55. The first-order valence-electron chi connectivity index (χ1n) is 8.24. The standard InChI is InChI=1S/C18H22FN3OS/c1-10(2)8-15-17(24-11(3)21-15)18(23)22-14-5-4-12-9-20-7-6-13(12)16(14)19/h4-5,10,20H,6-9H2,1-3H3,(H,22,23). The highest BCUT2D eigenvalue weighted by Crippen LogP contribution is 2.27. The second kappa shape index (κ2) is 6.99. The summed E-state index contributed by atoms with van der Waals surface area (Å²) in [7, 11) is 0. The molecule has 2 heterocycles. The van der Waals surface area contributed by atoms with Crippen LogP contribution in [0.3, 0.4) is 0 Å². The van der Waals surface area contributed by atoms with Gasteiger partial charge >= 0.3 is 0 Å². The molecule has 1 amide bonds. The molecule has 0 fully saturated rings. The number of amides is 1. The maximum absolute atomic E-state index is 14.7. The molecule has 0 bridgehead atoms. The molecule has 0 aliphatic carbocycles. The van der Waals surface area contributed by atoms with Gasteiger partial charge in [0.2, 0.25) is 0 Å². The van der Waals surface area contributed by atoms with Gasteiger partial charge in [0.25, 0.3) is 5.91 Å². The Balaban J connectivity index is 1.85. The number of rotatable bonds is 4. The normalized spacial score (nSPS) is 13.9. The van der Waals surface area contributed by atoms with Crippen molar-refractivity contribution in [2.75, 3.05) is 11.9 Å². The van der Waals surface area contributed by atoms with Crippen LogP contribution in [0.2, 0.25) is 0 Å². The first-order valence-corrected chi connectivity index (χ1v) is 9.06. The summed E-state index contributed by atoms with van der Waals surface area (Å²) in [5.41, 5.74) is 2.72. The van der Waals surface area contributed by atoms with Gasteiger partial charge < -0.3 is 10.6 Å². The summed E-state index contributed by atoms with van der Waals surface area (Å²) in [6, 6.07) is 3.53. The number of hydrogen-bond acceptors (Lipinski definition) is 4. The lowest BCUT2D eigenvalue weighted by Crippen LogP contribution is -2.25. The Kier molecular flexibility index (Phi) is 4.96. The highest BCUT2D eigenvalue weighted by Gasteiger charge is 2.21. The molecule has 3 rings (SSSR count). The van der Waals surface area contributed by atoms with Crippen molar-refractivity contribution in [2.45, 2.75) is 40.2 Å². The van der Waals surface area contributed by atoms with Crippen LogP contribution in [0.5, 0.6) is 0 Å². The molecular weight excluding hydrogens is 325 g/mol. The van der Waals surface area contributed by atoms with E-state index >= 15 is 0 Å². The van der Waals surface area contributed by atoms with Crippen LogP contribution < -0.4 is 10.6 Å². The minimum atomic E-state index is -0.311. The third-order valence-electron chi connectivity index (χ3n) is 4.07. The number of benzene rings is 1. The van der Waals surface area contributed by atoms with Crippen LogP contribution >= 0.6 is 11.3 Å². The average molecular weight is 347 g/mol. The number of nitrogens with one attached hydrogen (secondary N) is 2. The molecule has 0 radical (unpaired) electrons. The van der Waals surface area contributed by atoms with E-state index in [0.717, 1.165) is 29.2 Å². The van der Waals surface area contributed by atoms with Gasteiger partial charge in [-0.2, -0.15) is 0 Å². The minimum Gasteiger partial charge on any atom is -0.319 e. The van der Waals surface area contributed by atoms with Crippen molar-refractivity contribution in [3.63, 3.8) is 0 Å². The number of carbonyl (C=O) groups is 1. The van der Waals surface area contributed by atoms with Crippen LogP contribution in [0.4, 0.5) is 10.1 Å². The first-order chi connectivity index (χ1) is 11.5. The van der Waals surface area contributed by atoms with E-state index in [0.29, 0.717) is 29.3 Å². The average Bonchev–Trinajstić information content (AvgIpc) is 2.90. The lowest BCUT2D eigenvalue weighted by molar-refractivity contribution is 0.102. The summed E-state index contributed by atoms with van der Waals surface area (Å²) in [5, 5.41) is 6.82. The van der Waals surface area contributed by atoms with E-state index in [2.05, 4.69) is 29.5 Å². The molecule has 2 aromatic rings. The number of carbonyl (C=O) groups excluding carboxylic acids is 1. The fraction of sp³-hybridized carbons (Fsp3) is 0.444. The van der Waals surface area contributed by atoms with E-state index in [-0.39, 0.29) is 17.4 Å². The summed E-state index contributed by atoms with van der Waals surface area (Å²) >= 11 is 1.36. The summed E-state index contributed by atoms with van der Waals surface area (Å²) < 4.78 is 14.7. The summed E-state index contributed by atoms with van der Waals surface area (Å²) in [5.74, 6) is -0.177. The molecule has 0 unspecified atom stereocenters. The number of hydrogen-bond donors (Lipinski definition) is 2. The smallest absolute Gasteiger partial charge is 0.267 e. The monoisotopic (exact) mass is 347 g/mol. The molecule has 1 aromatic carbocycles. The molecule has 24 heavy (non-hydrogen) atoms. The molecule has 4 nitrogen and oxygen atoms in total. The van der Waals surface area contributed by atoms with Crippen LogP contribution in [0.15, 0.2) is 12.1 Å². The van der Waals surface area contributed by atoms with Crippen molar-refractivity contribution < 1.29 is 9.18 Å². The third kappa shape index (κ3) is 3.49. The number of aromatic nitrogens is 1. The molecule has 0 saturated carbocycles. The zero-order valence-corrected chi connectivity index (χ0v) is 15.0. The Labute approximate surface area is 145 Å². The summed E-state index contributed by atoms with van der Waals surface area (Å²) in [4.78, 5) is 17.7. The highest BCUT2D eigenvalue weighted by atomic mass is 32.1. The highest BCUT2D eigenvalue weighted by molar-refractivity contribution is 7.13. The second-order valence-corrected chi connectivity index (χ2v) is 7.76. The quantitative estimate of drug-likeness (QED) is 0.887. The Morgan fingerprint density at radius 1 is 1.46 bits per heavy atom. The number of thiazole rings is 1. The van der Waals surface area contributed by atoms with Crippen molar-refractivity contribution >= 4 is 22.9 Å². The van der Waals surface area contributed by atoms with Crippen LogP contribution in [-0.4, -0.2) is 17.4 Å². The van der Waals surface area contributed by atoms with Gasteiger partial charge in [-0.1, -0.05) is 19.9 Å². The van der Waals surface area contributed by atoms with Crippen LogP contribution in [-0.2, 0) is 19.4 Å². The van der Waals surface area contributed by atoms with Crippen LogP contribution in [0.25, 0.3) is 0 Å². The molecule has 1 aliphatic rings. The fourth-order valence-corrected chi connectivity index (χ4v) is 3.82. The van der Waals surface area contributed by atoms with Gasteiger partial charge in [0.15, 0.2) is 0 Å². The van der Waals surface area contributed by atoms with Crippen LogP contribution in [0.1, 0.15) is 45.3 Å². The van der Waals surface area contributed by atoms with Gasteiger partial charge in [-0.3, -0.25) is 4.79 Å². The molecule has 1 aromatic heterocycles. The number of nitrogens with zero attached hydrogens (tertiary/aromatic N) is 1. The maximum atomic E-state index is 14.7. The van der Waals surface area contributed by atoms with E-state index in [1.807, 2.05) is 13.0 Å². The Morgan fingerprint density at radius 3 is 3.00 bits per heavy atom.